The van der Waals surface area contributed by atoms with Gasteiger partial charge in [-0.1, -0.05) is 18.6 Å². The average Bonchev–Trinajstić information content (AvgIpc) is 3.02. The third-order valence-electron chi connectivity index (χ3n) is 3.81. The van der Waals surface area contributed by atoms with Crippen LogP contribution in [0.25, 0.3) is 11.0 Å². The Morgan fingerprint density at radius 3 is 2.81 bits per heavy atom. The first kappa shape index (κ1) is 13.9. The number of aryl methyl sites for hydroxylation is 3. The van der Waals surface area contributed by atoms with Crippen LogP contribution in [-0.4, -0.2) is 14.9 Å². The van der Waals surface area contributed by atoms with Gasteiger partial charge >= 0.3 is 0 Å². The number of furan rings is 1. The van der Waals surface area contributed by atoms with Crippen LogP contribution in [0.15, 0.2) is 34.7 Å². The molecule has 4 nitrogen and oxygen atoms in total. The van der Waals surface area contributed by atoms with Crippen molar-refractivity contribution in [2.75, 3.05) is 0 Å². The smallest absolute Gasteiger partial charge is 0.134 e. The number of hydrogen-bond donors (Lipinski definition) is 1. The summed E-state index contributed by atoms with van der Waals surface area (Å²) in [7, 11) is 1.91. The number of aliphatic hydroxyl groups excluding tert-OH is 1. The number of hydrogen-bond acceptors (Lipinski definition) is 3. The van der Waals surface area contributed by atoms with Crippen molar-refractivity contribution >= 4 is 11.0 Å². The fourth-order valence-electron chi connectivity index (χ4n) is 2.58. The summed E-state index contributed by atoms with van der Waals surface area (Å²) in [5, 5.41) is 15.9. The molecule has 0 spiro atoms. The van der Waals surface area contributed by atoms with Gasteiger partial charge in [0.25, 0.3) is 0 Å². The summed E-state index contributed by atoms with van der Waals surface area (Å²) in [6, 6.07) is 9.98. The summed E-state index contributed by atoms with van der Waals surface area (Å²) in [4.78, 5) is 0. The molecule has 3 rings (SSSR count). The highest BCUT2D eigenvalue weighted by Crippen LogP contribution is 2.27. The van der Waals surface area contributed by atoms with E-state index >= 15 is 0 Å². The van der Waals surface area contributed by atoms with Crippen molar-refractivity contribution in [3.63, 3.8) is 0 Å². The molecule has 1 atom stereocenters. The highest BCUT2D eigenvalue weighted by molar-refractivity contribution is 5.78. The SMILES string of the molecule is CCc1cc(CC(O)c2cc3cc(C)ccc3o2)n(C)n1. The van der Waals surface area contributed by atoms with Gasteiger partial charge in [-0.25, -0.2) is 0 Å². The Morgan fingerprint density at radius 1 is 1.29 bits per heavy atom. The molecule has 1 aromatic carbocycles. The van der Waals surface area contributed by atoms with E-state index in [-0.39, 0.29) is 0 Å². The molecule has 4 heteroatoms. The lowest BCUT2D eigenvalue weighted by Gasteiger charge is -2.07. The van der Waals surface area contributed by atoms with Gasteiger partial charge < -0.3 is 9.52 Å². The van der Waals surface area contributed by atoms with E-state index in [2.05, 4.69) is 18.1 Å². The van der Waals surface area contributed by atoms with Crippen LogP contribution in [0.4, 0.5) is 0 Å². The Labute approximate surface area is 124 Å². The predicted molar refractivity (Wildman–Crippen MR) is 82.2 cm³/mol. The second-order valence-electron chi connectivity index (χ2n) is 5.51. The van der Waals surface area contributed by atoms with E-state index in [0.717, 1.165) is 28.8 Å². The van der Waals surface area contributed by atoms with E-state index in [1.165, 1.54) is 5.56 Å². The molecule has 0 aliphatic heterocycles. The highest BCUT2D eigenvalue weighted by atomic mass is 16.4. The number of aliphatic hydroxyl groups is 1. The topological polar surface area (TPSA) is 51.2 Å². The van der Waals surface area contributed by atoms with Crippen LogP contribution in [0, 0.1) is 6.92 Å². The lowest BCUT2D eigenvalue weighted by molar-refractivity contribution is 0.150. The summed E-state index contributed by atoms with van der Waals surface area (Å²) in [5.74, 6) is 0.606. The minimum atomic E-state index is -0.655. The van der Waals surface area contributed by atoms with Crippen LogP contribution in [0.1, 0.15) is 35.7 Å². The fraction of sp³-hybridized carbons (Fsp3) is 0.353. The molecule has 0 radical (unpaired) electrons. The quantitative estimate of drug-likeness (QED) is 0.799. The highest BCUT2D eigenvalue weighted by Gasteiger charge is 2.16. The van der Waals surface area contributed by atoms with Crippen molar-refractivity contribution in [2.24, 2.45) is 7.05 Å². The van der Waals surface area contributed by atoms with Crippen molar-refractivity contribution in [3.8, 4) is 0 Å². The van der Waals surface area contributed by atoms with E-state index in [4.69, 9.17) is 4.42 Å². The van der Waals surface area contributed by atoms with E-state index in [1.54, 1.807) is 0 Å². The van der Waals surface area contributed by atoms with Crippen molar-refractivity contribution in [1.29, 1.82) is 0 Å². The summed E-state index contributed by atoms with van der Waals surface area (Å²) < 4.78 is 7.58. The number of fused-ring (bicyclic) bond motifs is 1. The number of rotatable bonds is 4. The van der Waals surface area contributed by atoms with E-state index < -0.39 is 6.10 Å². The second kappa shape index (κ2) is 5.37. The molecule has 0 saturated heterocycles. The first-order chi connectivity index (χ1) is 10.1. The maximum Gasteiger partial charge on any atom is 0.134 e. The van der Waals surface area contributed by atoms with Crippen molar-refractivity contribution in [3.05, 3.63) is 53.0 Å². The average molecular weight is 284 g/mol. The largest absolute Gasteiger partial charge is 0.458 e. The summed E-state index contributed by atoms with van der Waals surface area (Å²) in [5.41, 5.74) is 4.05. The molecule has 0 amide bonds. The van der Waals surface area contributed by atoms with Gasteiger partial charge in [-0.3, -0.25) is 4.68 Å². The Morgan fingerprint density at radius 2 is 2.10 bits per heavy atom. The number of nitrogens with zero attached hydrogens (tertiary/aromatic N) is 2. The lowest BCUT2D eigenvalue weighted by atomic mass is 10.1. The molecular formula is C17H20N2O2. The predicted octanol–water partition coefficient (Wildman–Crippen LogP) is 3.31. The maximum absolute atomic E-state index is 10.4. The summed E-state index contributed by atoms with van der Waals surface area (Å²) in [6.07, 6.45) is 0.744. The monoisotopic (exact) mass is 284 g/mol. The molecule has 0 aliphatic rings. The zero-order chi connectivity index (χ0) is 15.0. The maximum atomic E-state index is 10.4. The molecular weight excluding hydrogens is 264 g/mol. The van der Waals surface area contributed by atoms with Gasteiger partial charge in [-0.05, 0) is 37.6 Å². The van der Waals surface area contributed by atoms with Crippen LogP contribution in [-0.2, 0) is 19.9 Å². The minimum Gasteiger partial charge on any atom is -0.458 e. The lowest BCUT2D eigenvalue weighted by Crippen LogP contribution is -2.05. The van der Waals surface area contributed by atoms with Crippen molar-refractivity contribution in [2.45, 2.75) is 32.8 Å². The number of aromatic nitrogens is 2. The van der Waals surface area contributed by atoms with Crippen LogP contribution in [0.2, 0.25) is 0 Å². The number of benzene rings is 1. The molecule has 21 heavy (non-hydrogen) atoms. The standard InChI is InChI=1S/C17H20N2O2/c1-4-13-9-14(19(3)18-13)10-15(20)17-8-12-7-11(2)5-6-16(12)21-17/h5-9,15,20H,4,10H2,1-3H3. The van der Waals surface area contributed by atoms with Crippen LogP contribution in [0.3, 0.4) is 0 Å². The van der Waals surface area contributed by atoms with Gasteiger partial charge in [0.1, 0.15) is 17.4 Å². The third kappa shape index (κ3) is 2.72. The summed E-state index contributed by atoms with van der Waals surface area (Å²) >= 11 is 0. The first-order valence-electron chi connectivity index (χ1n) is 7.26. The van der Waals surface area contributed by atoms with E-state index in [9.17, 15) is 5.11 Å². The van der Waals surface area contributed by atoms with Gasteiger partial charge in [0.15, 0.2) is 0 Å². The molecule has 0 fully saturated rings. The van der Waals surface area contributed by atoms with Gasteiger partial charge in [0.05, 0.1) is 5.69 Å². The Balaban J connectivity index is 1.85. The minimum absolute atomic E-state index is 0.502. The second-order valence-corrected chi connectivity index (χ2v) is 5.51. The van der Waals surface area contributed by atoms with Crippen LogP contribution in [0.5, 0.6) is 0 Å². The zero-order valence-corrected chi connectivity index (χ0v) is 12.6. The summed E-state index contributed by atoms with van der Waals surface area (Å²) in [6.45, 7) is 4.12. The zero-order valence-electron chi connectivity index (χ0n) is 12.6. The van der Waals surface area contributed by atoms with Crippen LogP contribution < -0.4 is 0 Å². The normalized spacial score (nSPS) is 13.0. The van der Waals surface area contributed by atoms with Gasteiger partial charge in [-0.2, -0.15) is 5.10 Å². The van der Waals surface area contributed by atoms with Crippen molar-refractivity contribution in [1.82, 2.24) is 9.78 Å². The van der Waals surface area contributed by atoms with Crippen LogP contribution >= 0.6 is 0 Å². The molecule has 2 heterocycles. The Bertz CT molecular complexity index is 770. The van der Waals surface area contributed by atoms with E-state index in [1.807, 2.05) is 42.9 Å². The van der Waals surface area contributed by atoms with Gasteiger partial charge in [0.2, 0.25) is 0 Å². The first-order valence-corrected chi connectivity index (χ1v) is 7.26. The van der Waals surface area contributed by atoms with Gasteiger partial charge in [-0.15, -0.1) is 0 Å². The molecule has 3 aromatic rings. The fourth-order valence-corrected chi connectivity index (χ4v) is 2.58. The van der Waals surface area contributed by atoms with E-state index in [0.29, 0.717) is 12.2 Å². The Hall–Kier alpha value is -2.07. The van der Waals surface area contributed by atoms with Crippen molar-refractivity contribution < 1.29 is 9.52 Å². The molecule has 0 aliphatic carbocycles. The Kier molecular flexibility index (Phi) is 3.55. The molecule has 1 unspecified atom stereocenters. The molecule has 0 bridgehead atoms. The molecule has 1 N–H and O–H groups in total. The molecule has 2 aromatic heterocycles. The molecule has 0 saturated carbocycles. The third-order valence-corrected chi connectivity index (χ3v) is 3.81. The van der Waals surface area contributed by atoms with Gasteiger partial charge in [0, 0.05) is 24.5 Å². The molecule has 110 valence electrons.